The monoisotopic (exact) mass is 456 g/mol. The number of nitrogens with zero attached hydrogens (tertiary/aromatic N) is 2. The lowest BCUT2D eigenvalue weighted by Crippen LogP contribution is -2.55. The number of hydrogen-bond donors (Lipinski definition) is 0. The molecule has 4 heterocycles. The van der Waals surface area contributed by atoms with E-state index < -0.39 is 0 Å². The zero-order valence-corrected chi connectivity index (χ0v) is 20.3. The van der Waals surface area contributed by atoms with Gasteiger partial charge >= 0.3 is 0 Å². The van der Waals surface area contributed by atoms with Crippen molar-refractivity contribution in [3.63, 3.8) is 0 Å². The maximum Gasteiger partial charge on any atom is 0.130 e. The molecule has 0 aromatic heterocycles. The molecule has 1 atom stereocenters. The van der Waals surface area contributed by atoms with Crippen molar-refractivity contribution in [1.82, 2.24) is 9.80 Å². The molecular formula is C30H36N2O2. The molecule has 6 rings (SSSR count). The van der Waals surface area contributed by atoms with Crippen LogP contribution in [0.2, 0.25) is 0 Å². The van der Waals surface area contributed by atoms with Gasteiger partial charge < -0.3 is 14.4 Å². The van der Waals surface area contributed by atoms with Crippen molar-refractivity contribution in [3.05, 3.63) is 71.8 Å². The van der Waals surface area contributed by atoms with Crippen LogP contribution in [0.25, 0.3) is 12.2 Å². The van der Waals surface area contributed by atoms with Crippen LogP contribution < -0.4 is 9.47 Å². The van der Waals surface area contributed by atoms with Crippen molar-refractivity contribution >= 4 is 12.2 Å². The van der Waals surface area contributed by atoms with E-state index >= 15 is 0 Å². The Bertz CT molecular complexity index is 1070. The zero-order valence-electron chi connectivity index (χ0n) is 20.3. The number of fused-ring (bicyclic) bond motifs is 2. The molecule has 0 N–H and O–H groups in total. The van der Waals surface area contributed by atoms with Gasteiger partial charge in [0.05, 0.1) is 0 Å². The SMILES string of the molecule is CCC(CN1CCC2(C=Cc3ccccc3O2)CC1)N1CCC2(C=Cc3ccccc3O2)CC1. The van der Waals surface area contributed by atoms with Gasteiger partial charge in [-0.2, -0.15) is 0 Å². The van der Waals surface area contributed by atoms with Gasteiger partial charge in [0, 0.05) is 75.6 Å². The maximum atomic E-state index is 6.52. The molecule has 4 nitrogen and oxygen atoms in total. The first-order valence-corrected chi connectivity index (χ1v) is 13.1. The molecule has 2 fully saturated rings. The standard InChI is InChI=1S/C30H36N2O2/c1-2-26(32-21-17-30(18-22-32)14-12-25-8-4-6-10-28(25)34-30)23-31-19-15-29(16-20-31)13-11-24-7-3-5-9-27(24)33-29/h3-14,26H,2,15-23H2,1H3. The largest absolute Gasteiger partial charge is 0.482 e. The first kappa shape index (κ1) is 21.9. The summed E-state index contributed by atoms with van der Waals surface area (Å²) in [7, 11) is 0. The predicted octanol–water partition coefficient (Wildman–Crippen LogP) is 5.65. The number of hydrogen-bond acceptors (Lipinski definition) is 4. The minimum atomic E-state index is -0.123. The Morgan fingerprint density at radius 2 is 1.24 bits per heavy atom. The molecule has 0 bridgehead atoms. The van der Waals surface area contributed by atoms with Gasteiger partial charge in [0.25, 0.3) is 0 Å². The number of para-hydroxylation sites is 2. The highest BCUT2D eigenvalue weighted by Gasteiger charge is 2.40. The Kier molecular flexibility index (Phi) is 5.74. The van der Waals surface area contributed by atoms with E-state index in [9.17, 15) is 0 Å². The first-order chi connectivity index (χ1) is 16.7. The van der Waals surface area contributed by atoms with Crippen molar-refractivity contribution in [2.75, 3.05) is 32.7 Å². The number of rotatable bonds is 4. The second kappa shape index (κ2) is 8.90. The van der Waals surface area contributed by atoms with E-state index in [1.54, 1.807) is 0 Å². The van der Waals surface area contributed by atoms with Gasteiger partial charge in [-0.05, 0) is 30.7 Å². The van der Waals surface area contributed by atoms with Gasteiger partial charge in [-0.1, -0.05) is 55.5 Å². The van der Waals surface area contributed by atoms with Crippen LogP contribution in [0.4, 0.5) is 0 Å². The summed E-state index contributed by atoms with van der Waals surface area (Å²) < 4.78 is 13.0. The quantitative estimate of drug-likeness (QED) is 0.594. The van der Waals surface area contributed by atoms with E-state index in [1.807, 2.05) is 0 Å². The molecule has 2 aromatic rings. The summed E-state index contributed by atoms with van der Waals surface area (Å²) in [6.45, 7) is 7.90. The van der Waals surface area contributed by atoms with E-state index in [0.29, 0.717) is 6.04 Å². The molecule has 2 aromatic carbocycles. The molecule has 2 saturated heterocycles. The van der Waals surface area contributed by atoms with Crippen LogP contribution in [0.15, 0.2) is 60.7 Å². The molecular weight excluding hydrogens is 420 g/mol. The van der Waals surface area contributed by atoms with E-state index in [0.717, 1.165) is 69.9 Å². The second-order valence-corrected chi connectivity index (χ2v) is 10.5. The maximum absolute atomic E-state index is 6.52. The van der Waals surface area contributed by atoms with E-state index in [1.165, 1.54) is 17.5 Å². The summed E-state index contributed by atoms with van der Waals surface area (Å²) in [4.78, 5) is 5.37. The van der Waals surface area contributed by atoms with Gasteiger partial charge in [-0.25, -0.2) is 0 Å². The molecule has 0 radical (unpaired) electrons. The smallest absolute Gasteiger partial charge is 0.130 e. The fourth-order valence-corrected chi connectivity index (χ4v) is 6.13. The van der Waals surface area contributed by atoms with Crippen LogP contribution in [0, 0.1) is 0 Å². The summed E-state index contributed by atoms with van der Waals surface area (Å²) in [6, 6.07) is 17.4. The van der Waals surface area contributed by atoms with E-state index in [-0.39, 0.29) is 11.2 Å². The zero-order chi connectivity index (χ0) is 23.0. The van der Waals surface area contributed by atoms with Crippen LogP contribution in [-0.4, -0.2) is 59.8 Å². The Morgan fingerprint density at radius 1 is 0.735 bits per heavy atom. The molecule has 0 saturated carbocycles. The molecule has 4 aliphatic heterocycles. The Labute approximate surface area is 203 Å². The number of benzene rings is 2. The normalized spacial score (nSPS) is 23.7. The summed E-state index contributed by atoms with van der Waals surface area (Å²) in [5, 5.41) is 0. The average Bonchev–Trinajstić information content (AvgIpc) is 2.89. The third kappa shape index (κ3) is 4.18. The molecule has 4 aliphatic rings. The summed E-state index contributed by atoms with van der Waals surface area (Å²) in [5.74, 6) is 2.07. The number of ether oxygens (including phenoxy) is 2. The van der Waals surface area contributed by atoms with E-state index in [2.05, 4.69) is 89.6 Å². The lowest BCUT2D eigenvalue weighted by Gasteiger charge is -2.46. The highest BCUT2D eigenvalue weighted by molar-refractivity contribution is 5.61. The highest BCUT2D eigenvalue weighted by Crippen LogP contribution is 2.39. The molecule has 0 aliphatic carbocycles. The predicted molar refractivity (Wildman–Crippen MR) is 138 cm³/mol. The van der Waals surface area contributed by atoms with Crippen molar-refractivity contribution in [3.8, 4) is 11.5 Å². The van der Waals surface area contributed by atoms with Crippen LogP contribution >= 0.6 is 0 Å². The highest BCUT2D eigenvalue weighted by atomic mass is 16.5. The summed E-state index contributed by atoms with van der Waals surface area (Å²) >= 11 is 0. The Balaban J connectivity index is 1.03. The van der Waals surface area contributed by atoms with E-state index in [4.69, 9.17) is 9.47 Å². The van der Waals surface area contributed by atoms with Gasteiger partial charge in [-0.15, -0.1) is 0 Å². The van der Waals surface area contributed by atoms with Gasteiger partial charge in [0.2, 0.25) is 0 Å². The van der Waals surface area contributed by atoms with Crippen molar-refractivity contribution < 1.29 is 9.47 Å². The van der Waals surface area contributed by atoms with Gasteiger partial charge in [-0.3, -0.25) is 4.90 Å². The van der Waals surface area contributed by atoms with Crippen LogP contribution in [0.3, 0.4) is 0 Å². The van der Waals surface area contributed by atoms with Crippen molar-refractivity contribution in [2.45, 2.75) is 56.3 Å². The topological polar surface area (TPSA) is 24.9 Å². The molecule has 1 unspecified atom stereocenters. The van der Waals surface area contributed by atoms with Crippen LogP contribution in [0.1, 0.15) is 50.2 Å². The Morgan fingerprint density at radius 3 is 1.76 bits per heavy atom. The molecule has 34 heavy (non-hydrogen) atoms. The summed E-state index contributed by atoms with van der Waals surface area (Å²) in [6.07, 6.45) is 14.6. The fraction of sp³-hybridized carbons (Fsp3) is 0.467. The minimum absolute atomic E-state index is 0.120. The molecule has 178 valence electrons. The third-order valence-electron chi connectivity index (χ3n) is 8.40. The number of likely N-dealkylation sites (tertiary alicyclic amines) is 2. The minimum Gasteiger partial charge on any atom is -0.482 e. The molecule has 2 spiro atoms. The molecule has 0 amide bonds. The second-order valence-electron chi connectivity index (χ2n) is 10.5. The third-order valence-corrected chi connectivity index (χ3v) is 8.40. The van der Waals surface area contributed by atoms with Crippen LogP contribution in [0.5, 0.6) is 11.5 Å². The van der Waals surface area contributed by atoms with Gasteiger partial charge in [0.1, 0.15) is 22.7 Å². The van der Waals surface area contributed by atoms with Gasteiger partial charge in [0.15, 0.2) is 0 Å². The number of piperidine rings is 2. The lowest BCUT2D eigenvalue weighted by molar-refractivity contribution is 0.000831. The fourth-order valence-electron chi connectivity index (χ4n) is 6.13. The average molecular weight is 457 g/mol. The lowest BCUT2D eigenvalue weighted by atomic mass is 9.86. The van der Waals surface area contributed by atoms with Crippen LogP contribution in [-0.2, 0) is 0 Å². The van der Waals surface area contributed by atoms with Crippen molar-refractivity contribution in [1.29, 1.82) is 0 Å². The molecule has 4 heteroatoms. The Hall–Kier alpha value is -2.56. The van der Waals surface area contributed by atoms with Crippen molar-refractivity contribution in [2.24, 2.45) is 0 Å². The summed E-state index contributed by atoms with van der Waals surface area (Å²) in [5.41, 5.74) is 2.15. The first-order valence-electron chi connectivity index (χ1n) is 13.1.